The van der Waals surface area contributed by atoms with E-state index in [2.05, 4.69) is 15.9 Å². The van der Waals surface area contributed by atoms with Crippen LogP contribution in [0.15, 0.2) is 22.7 Å². The maximum atomic E-state index is 13.3. The SMILES string of the molecule is CN(CCO)C(=O)Cc1cc(Br)ccc1F. The van der Waals surface area contributed by atoms with Crippen molar-refractivity contribution in [3.8, 4) is 0 Å². The molecule has 0 spiro atoms. The standard InChI is InChI=1S/C11H13BrFNO2/c1-14(4-5-15)11(16)7-8-6-9(12)2-3-10(8)13/h2-3,6,15H,4-5,7H2,1H3. The van der Waals surface area contributed by atoms with Gasteiger partial charge in [-0.2, -0.15) is 0 Å². The number of amides is 1. The van der Waals surface area contributed by atoms with E-state index in [9.17, 15) is 9.18 Å². The van der Waals surface area contributed by atoms with Crippen LogP contribution in [0.2, 0.25) is 0 Å². The van der Waals surface area contributed by atoms with Crippen molar-refractivity contribution in [2.45, 2.75) is 6.42 Å². The monoisotopic (exact) mass is 289 g/mol. The molecule has 1 rings (SSSR count). The van der Waals surface area contributed by atoms with Crippen LogP contribution in [0.1, 0.15) is 5.56 Å². The van der Waals surface area contributed by atoms with Crippen LogP contribution in [0, 0.1) is 5.82 Å². The van der Waals surface area contributed by atoms with Crippen molar-refractivity contribution in [2.24, 2.45) is 0 Å². The van der Waals surface area contributed by atoms with Crippen molar-refractivity contribution in [3.05, 3.63) is 34.1 Å². The van der Waals surface area contributed by atoms with E-state index in [0.29, 0.717) is 5.56 Å². The van der Waals surface area contributed by atoms with Crippen molar-refractivity contribution in [3.63, 3.8) is 0 Å². The summed E-state index contributed by atoms with van der Waals surface area (Å²) in [5, 5.41) is 8.67. The Morgan fingerprint density at radius 3 is 2.88 bits per heavy atom. The van der Waals surface area contributed by atoms with Gasteiger partial charge in [-0.05, 0) is 23.8 Å². The fourth-order valence-corrected chi connectivity index (χ4v) is 1.66. The molecule has 0 aliphatic heterocycles. The van der Waals surface area contributed by atoms with Crippen LogP contribution < -0.4 is 0 Å². The Labute approximate surface area is 102 Å². The number of aliphatic hydroxyl groups excluding tert-OH is 1. The predicted molar refractivity (Wildman–Crippen MR) is 62.5 cm³/mol. The van der Waals surface area contributed by atoms with E-state index in [1.165, 1.54) is 11.0 Å². The van der Waals surface area contributed by atoms with Crippen LogP contribution in [-0.2, 0) is 11.2 Å². The van der Waals surface area contributed by atoms with E-state index in [0.717, 1.165) is 4.47 Å². The first-order valence-corrected chi connectivity index (χ1v) is 5.62. The fraction of sp³-hybridized carbons (Fsp3) is 0.364. The lowest BCUT2D eigenvalue weighted by Crippen LogP contribution is -2.31. The van der Waals surface area contributed by atoms with Gasteiger partial charge in [-0.25, -0.2) is 4.39 Å². The number of aliphatic hydroxyl groups is 1. The van der Waals surface area contributed by atoms with Gasteiger partial charge in [0.1, 0.15) is 5.82 Å². The van der Waals surface area contributed by atoms with Crippen LogP contribution in [0.25, 0.3) is 0 Å². The second-order valence-corrected chi connectivity index (χ2v) is 4.37. The summed E-state index contributed by atoms with van der Waals surface area (Å²) < 4.78 is 14.1. The summed E-state index contributed by atoms with van der Waals surface area (Å²) in [6.07, 6.45) is 0.00176. The first-order valence-electron chi connectivity index (χ1n) is 4.83. The first kappa shape index (κ1) is 13.1. The van der Waals surface area contributed by atoms with E-state index >= 15 is 0 Å². The molecule has 0 fully saturated rings. The molecule has 1 N–H and O–H groups in total. The summed E-state index contributed by atoms with van der Waals surface area (Å²) in [5.41, 5.74) is 0.351. The average Bonchev–Trinajstić information content (AvgIpc) is 2.23. The Hall–Kier alpha value is -0.940. The number of hydrogen-bond acceptors (Lipinski definition) is 2. The molecule has 1 aromatic carbocycles. The molecule has 0 saturated carbocycles. The molecule has 0 unspecified atom stereocenters. The molecule has 0 radical (unpaired) electrons. The molecule has 1 aromatic rings. The number of rotatable bonds is 4. The second-order valence-electron chi connectivity index (χ2n) is 3.45. The molecule has 0 aromatic heterocycles. The van der Waals surface area contributed by atoms with Gasteiger partial charge >= 0.3 is 0 Å². The summed E-state index contributed by atoms with van der Waals surface area (Å²) >= 11 is 3.22. The van der Waals surface area contributed by atoms with Gasteiger partial charge in [-0.3, -0.25) is 4.79 Å². The highest BCUT2D eigenvalue weighted by molar-refractivity contribution is 9.10. The van der Waals surface area contributed by atoms with Gasteiger partial charge in [0.25, 0.3) is 0 Å². The Kier molecular flexibility index (Phi) is 4.89. The minimum absolute atomic E-state index is 0.00176. The van der Waals surface area contributed by atoms with E-state index < -0.39 is 5.82 Å². The predicted octanol–water partition coefficient (Wildman–Crippen LogP) is 1.58. The van der Waals surface area contributed by atoms with Gasteiger partial charge in [-0.1, -0.05) is 15.9 Å². The largest absolute Gasteiger partial charge is 0.395 e. The average molecular weight is 290 g/mol. The molecule has 0 aliphatic rings. The summed E-state index contributed by atoms with van der Waals surface area (Å²) in [4.78, 5) is 13.0. The topological polar surface area (TPSA) is 40.5 Å². The zero-order valence-electron chi connectivity index (χ0n) is 8.91. The highest BCUT2D eigenvalue weighted by Crippen LogP contribution is 2.16. The Balaban J connectivity index is 2.72. The van der Waals surface area contributed by atoms with E-state index in [-0.39, 0.29) is 25.5 Å². The molecular weight excluding hydrogens is 277 g/mol. The van der Waals surface area contributed by atoms with E-state index in [1.807, 2.05) is 0 Å². The van der Waals surface area contributed by atoms with E-state index in [4.69, 9.17) is 5.11 Å². The number of carbonyl (C=O) groups is 1. The van der Waals surface area contributed by atoms with Gasteiger partial charge < -0.3 is 10.0 Å². The number of halogens is 2. The van der Waals surface area contributed by atoms with Gasteiger partial charge in [0.15, 0.2) is 0 Å². The number of benzene rings is 1. The summed E-state index contributed by atoms with van der Waals surface area (Å²) in [6, 6.07) is 4.49. The zero-order chi connectivity index (χ0) is 12.1. The molecule has 0 atom stereocenters. The maximum absolute atomic E-state index is 13.3. The van der Waals surface area contributed by atoms with Gasteiger partial charge in [0.05, 0.1) is 13.0 Å². The van der Waals surface area contributed by atoms with Crippen LogP contribution in [0.3, 0.4) is 0 Å². The third kappa shape index (κ3) is 3.57. The molecule has 0 saturated heterocycles. The van der Waals surface area contributed by atoms with Crippen molar-refractivity contribution < 1.29 is 14.3 Å². The lowest BCUT2D eigenvalue weighted by molar-refractivity contribution is -0.129. The van der Waals surface area contributed by atoms with Crippen molar-refractivity contribution >= 4 is 21.8 Å². The van der Waals surface area contributed by atoms with Gasteiger partial charge in [0, 0.05) is 18.1 Å². The van der Waals surface area contributed by atoms with E-state index in [1.54, 1.807) is 19.2 Å². The lowest BCUT2D eigenvalue weighted by Gasteiger charge is -2.15. The number of carbonyl (C=O) groups excluding carboxylic acids is 1. The van der Waals surface area contributed by atoms with Crippen LogP contribution in [0.4, 0.5) is 4.39 Å². The molecule has 0 bridgehead atoms. The van der Waals surface area contributed by atoms with Crippen LogP contribution >= 0.6 is 15.9 Å². The molecular formula is C11H13BrFNO2. The molecule has 88 valence electrons. The second kappa shape index (κ2) is 5.96. The molecule has 1 amide bonds. The smallest absolute Gasteiger partial charge is 0.226 e. The van der Waals surface area contributed by atoms with Crippen molar-refractivity contribution in [1.82, 2.24) is 4.90 Å². The third-order valence-electron chi connectivity index (χ3n) is 2.21. The molecule has 0 heterocycles. The molecule has 5 heteroatoms. The summed E-state index contributed by atoms with van der Waals surface area (Å²) in [5.74, 6) is -0.611. The summed E-state index contributed by atoms with van der Waals surface area (Å²) in [6.45, 7) is 0.164. The van der Waals surface area contributed by atoms with Crippen molar-refractivity contribution in [2.75, 3.05) is 20.2 Å². The minimum Gasteiger partial charge on any atom is -0.395 e. The molecule has 16 heavy (non-hydrogen) atoms. The van der Waals surface area contributed by atoms with Crippen LogP contribution in [0.5, 0.6) is 0 Å². The fourth-order valence-electron chi connectivity index (χ4n) is 1.25. The van der Waals surface area contributed by atoms with Crippen LogP contribution in [-0.4, -0.2) is 36.1 Å². The number of hydrogen-bond donors (Lipinski definition) is 1. The highest BCUT2D eigenvalue weighted by Gasteiger charge is 2.12. The number of nitrogens with zero attached hydrogens (tertiary/aromatic N) is 1. The quantitative estimate of drug-likeness (QED) is 0.914. The maximum Gasteiger partial charge on any atom is 0.226 e. The minimum atomic E-state index is -0.394. The lowest BCUT2D eigenvalue weighted by atomic mass is 10.1. The third-order valence-corrected chi connectivity index (χ3v) is 2.70. The number of likely N-dealkylation sites (N-methyl/N-ethyl adjacent to an activating group) is 1. The molecule has 0 aliphatic carbocycles. The first-order chi connectivity index (χ1) is 7.54. The van der Waals surface area contributed by atoms with Gasteiger partial charge in [-0.15, -0.1) is 0 Å². The Bertz CT molecular complexity index is 384. The molecule has 3 nitrogen and oxygen atoms in total. The zero-order valence-corrected chi connectivity index (χ0v) is 10.5. The summed E-state index contributed by atoms with van der Waals surface area (Å²) in [7, 11) is 1.58. The van der Waals surface area contributed by atoms with Crippen molar-refractivity contribution in [1.29, 1.82) is 0 Å². The Morgan fingerprint density at radius 2 is 2.25 bits per heavy atom. The highest BCUT2D eigenvalue weighted by atomic mass is 79.9. The Morgan fingerprint density at radius 1 is 1.56 bits per heavy atom. The normalized spacial score (nSPS) is 10.2. The van der Waals surface area contributed by atoms with Gasteiger partial charge in [0.2, 0.25) is 5.91 Å².